The number of aromatic nitrogens is 4. The third kappa shape index (κ3) is 7.17. The van der Waals surface area contributed by atoms with Crippen LogP contribution in [0.3, 0.4) is 0 Å². The molecule has 0 amide bonds. The topological polar surface area (TPSA) is 73.1 Å². The molecule has 0 radical (unpaired) electrons. The number of hydrogen-bond donors (Lipinski definition) is 0. The van der Waals surface area contributed by atoms with Gasteiger partial charge in [0.1, 0.15) is 5.60 Å². The fourth-order valence-electron chi connectivity index (χ4n) is 5.77. The maximum Gasteiger partial charge on any atom is 0.306 e. The molecule has 0 N–H and O–H groups in total. The number of nitrogens with zero attached hydrogens (tertiary/aromatic N) is 5. The van der Waals surface area contributed by atoms with Crippen molar-refractivity contribution in [1.82, 2.24) is 24.6 Å². The molecule has 1 aliphatic heterocycles. The van der Waals surface area contributed by atoms with Gasteiger partial charge in [0.15, 0.2) is 11.5 Å². The second-order valence-corrected chi connectivity index (χ2v) is 12.3. The van der Waals surface area contributed by atoms with Gasteiger partial charge in [0, 0.05) is 36.3 Å². The van der Waals surface area contributed by atoms with Crippen LogP contribution in [-0.2, 0) is 16.0 Å². The number of hydrogen-bond acceptors (Lipinski definition) is 6. The zero-order valence-corrected chi connectivity index (χ0v) is 24.7. The van der Waals surface area contributed by atoms with E-state index < -0.39 is 5.60 Å². The van der Waals surface area contributed by atoms with Crippen molar-refractivity contribution < 1.29 is 13.9 Å². The molecule has 0 saturated carbocycles. The Hall–Kier alpha value is -3.65. The fourth-order valence-corrected chi connectivity index (χ4v) is 5.77. The maximum atomic E-state index is 14.4. The summed E-state index contributed by atoms with van der Waals surface area (Å²) in [6.07, 6.45) is 5.18. The summed E-state index contributed by atoms with van der Waals surface area (Å²) in [6, 6.07) is 16.1. The van der Waals surface area contributed by atoms with E-state index in [1.54, 1.807) is 24.7 Å². The normalized spacial score (nSPS) is 16.8. The minimum absolute atomic E-state index is 0.0569. The third-order valence-electron chi connectivity index (χ3n) is 7.80. The van der Waals surface area contributed by atoms with E-state index in [0.717, 1.165) is 66.9 Å². The Balaban J connectivity index is 1.28. The number of carbonyl (C=O) groups excluding carboxylic acids is 1. The van der Waals surface area contributed by atoms with E-state index in [0.29, 0.717) is 17.3 Å². The SMILES string of the molecule is Cc1nn(-c2cccc(C(CC(=O)OC(C)(C)C)CN3CC[C@@H](CCc4ccc5cccnc5n4)C3)c2)c(C)c1F. The second-order valence-electron chi connectivity index (χ2n) is 12.3. The first-order valence-corrected chi connectivity index (χ1v) is 14.5. The highest BCUT2D eigenvalue weighted by atomic mass is 19.1. The van der Waals surface area contributed by atoms with Gasteiger partial charge in [-0.1, -0.05) is 12.1 Å². The van der Waals surface area contributed by atoms with Gasteiger partial charge >= 0.3 is 5.97 Å². The van der Waals surface area contributed by atoms with Gasteiger partial charge in [-0.3, -0.25) is 4.79 Å². The van der Waals surface area contributed by atoms with Gasteiger partial charge < -0.3 is 9.64 Å². The van der Waals surface area contributed by atoms with Crippen molar-refractivity contribution in [1.29, 1.82) is 0 Å². The molecule has 0 spiro atoms. The number of fused-ring (bicyclic) bond motifs is 1. The van der Waals surface area contributed by atoms with Crippen LogP contribution in [0.25, 0.3) is 16.7 Å². The monoisotopic (exact) mass is 557 g/mol. The second kappa shape index (κ2) is 12.1. The van der Waals surface area contributed by atoms with Crippen LogP contribution in [0, 0.1) is 25.6 Å². The van der Waals surface area contributed by atoms with Gasteiger partial charge in [-0.05, 0) is 108 Å². The fraction of sp³-hybridized carbons (Fsp3) is 0.455. The number of pyridine rings is 2. The number of halogens is 1. The zero-order valence-electron chi connectivity index (χ0n) is 24.7. The van der Waals surface area contributed by atoms with Crippen molar-refractivity contribution in [2.24, 2.45) is 5.92 Å². The quantitative estimate of drug-likeness (QED) is 0.224. The van der Waals surface area contributed by atoms with E-state index in [4.69, 9.17) is 9.72 Å². The molecule has 1 unspecified atom stereocenters. The Morgan fingerprint density at radius 2 is 1.98 bits per heavy atom. The van der Waals surface area contributed by atoms with Crippen molar-refractivity contribution in [2.45, 2.75) is 71.8 Å². The molecule has 4 aromatic rings. The number of aryl methyl sites for hydroxylation is 2. The highest BCUT2D eigenvalue weighted by Gasteiger charge is 2.28. The molecule has 8 heteroatoms. The Bertz CT molecular complexity index is 1530. The zero-order chi connectivity index (χ0) is 29.1. The van der Waals surface area contributed by atoms with Crippen LogP contribution in [0.15, 0.2) is 54.7 Å². The summed E-state index contributed by atoms with van der Waals surface area (Å²) in [6.45, 7) is 11.8. The molecule has 1 aliphatic rings. The van der Waals surface area contributed by atoms with E-state index in [1.165, 1.54) is 0 Å². The van der Waals surface area contributed by atoms with Crippen LogP contribution < -0.4 is 0 Å². The molecule has 216 valence electrons. The van der Waals surface area contributed by atoms with Crippen molar-refractivity contribution >= 4 is 17.0 Å². The van der Waals surface area contributed by atoms with Gasteiger partial charge in [-0.2, -0.15) is 5.10 Å². The van der Waals surface area contributed by atoms with E-state index >= 15 is 0 Å². The third-order valence-corrected chi connectivity index (χ3v) is 7.80. The first-order valence-electron chi connectivity index (χ1n) is 14.5. The minimum Gasteiger partial charge on any atom is -0.460 e. The largest absolute Gasteiger partial charge is 0.460 e. The average Bonchev–Trinajstić information content (AvgIpc) is 3.49. The standard InChI is InChI=1S/C33H40FN5O2/c1-22-31(34)23(2)39(37-22)29-10-6-8-26(18-29)27(19-30(40)41-33(3,4)5)21-38-17-15-24(20-38)11-13-28-14-12-25-9-7-16-35-32(25)36-28/h6-10,12,14,16,18,24,27H,11,13,15,17,19-21H2,1-5H3/t24-,27?/m1/s1. The molecule has 7 nitrogen and oxygen atoms in total. The highest BCUT2D eigenvalue weighted by molar-refractivity contribution is 5.74. The molecular formula is C33H40FN5O2. The summed E-state index contributed by atoms with van der Waals surface area (Å²) in [5.74, 6) is 0.0109. The van der Waals surface area contributed by atoms with E-state index in [-0.39, 0.29) is 24.1 Å². The Morgan fingerprint density at radius 3 is 2.73 bits per heavy atom. The first-order chi connectivity index (χ1) is 19.6. The first kappa shape index (κ1) is 28.9. The van der Waals surface area contributed by atoms with E-state index in [1.807, 2.05) is 57.2 Å². The van der Waals surface area contributed by atoms with Crippen LogP contribution in [0.1, 0.15) is 68.6 Å². The van der Waals surface area contributed by atoms with Crippen LogP contribution in [-0.4, -0.2) is 55.9 Å². The molecule has 3 aromatic heterocycles. The lowest BCUT2D eigenvalue weighted by molar-refractivity contribution is -0.155. The average molecular weight is 558 g/mol. The molecule has 4 heterocycles. The molecule has 0 aliphatic carbocycles. The summed E-state index contributed by atoms with van der Waals surface area (Å²) >= 11 is 0. The van der Waals surface area contributed by atoms with Crippen LogP contribution in [0.2, 0.25) is 0 Å². The van der Waals surface area contributed by atoms with E-state index in [9.17, 15) is 9.18 Å². The summed E-state index contributed by atoms with van der Waals surface area (Å²) in [5, 5.41) is 5.46. The molecule has 5 rings (SSSR count). The highest BCUT2D eigenvalue weighted by Crippen LogP contribution is 2.29. The molecule has 1 fully saturated rings. The molecule has 1 saturated heterocycles. The van der Waals surface area contributed by atoms with Crippen molar-refractivity contribution in [3.8, 4) is 5.69 Å². The number of carbonyl (C=O) groups is 1. The summed E-state index contributed by atoms with van der Waals surface area (Å²) in [4.78, 5) is 24.6. The minimum atomic E-state index is -0.546. The van der Waals surface area contributed by atoms with Crippen LogP contribution >= 0.6 is 0 Å². The Morgan fingerprint density at radius 1 is 1.15 bits per heavy atom. The molecular weight excluding hydrogens is 517 g/mol. The van der Waals surface area contributed by atoms with Crippen molar-refractivity contribution in [2.75, 3.05) is 19.6 Å². The van der Waals surface area contributed by atoms with Crippen molar-refractivity contribution in [3.05, 3.63) is 83.2 Å². The number of likely N-dealkylation sites (tertiary alicyclic amines) is 1. The van der Waals surface area contributed by atoms with Gasteiger partial charge in [-0.15, -0.1) is 0 Å². The lowest BCUT2D eigenvalue weighted by atomic mass is 9.94. The number of ether oxygens (including phenoxy) is 1. The van der Waals surface area contributed by atoms with Gasteiger partial charge in [0.2, 0.25) is 0 Å². The van der Waals surface area contributed by atoms with Crippen molar-refractivity contribution in [3.63, 3.8) is 0 Å². The lowest BCUT2D eigenvalue weighted by Crippen LogP contribution is -2.30. The smallest absolute Gasteiger partial charge is 0.306 e. The summed E-state index contributed by atoms with van der Waals surface area (Å²) in [7, 11) is 0. The Kier molecular flexibility index (Phi) is 8.50. The predicted octanol–water partition coefficient (Wildman–Crippen LogP) is 6.34. The Labute approximate surface area is 241 Å². The maximum absolute atomic E-state index is 14.4. The molecule has 0 bridgehead atoms. The van der Waals surface area contributed by atoms with Crippen LogP contribution in [0.5, 0.6) is 0 Å². The van der Waals surface area contributed by atoms with Crippen LogP contribution in [0.4, 0.5) is 4.39 Å². The van der Waals surface area contributed by atoms with E-state index in [2.05, 4.69) is 27.1 Å². The lowest BCUT2D eigenvalue weighted by Gasteiger charge is -2.26. The van der Waals surface area contributed by atoms with Gasteiger partial charge in [0.05, 0.1) is 23.5 Å². The summed E-state index contributed by atoms with van der Waals surface area (Å²) in [5.41, 5.74) is 3.99. The summed E-state index contributed by atoms with van der Waals surface area (Å²) < 4.78 is 21.8. The number of benzene rings is 1. The predicted molar refractivity (Wildman–Crippen MR) is 159 cm³/mol. The molecule has 2 atom stereocenters. The van der Waals surface area contributed by atoms with Gasteiger partial charge in [-0.25, -0.2) is 19.0 Å². The molecule has 1 aromatic carbocycles. The number of esters is 1. The number of rotatable bonds is 9. The van der Waals surface area contributed by atoms with Gasteiger partial charge in [0.25, 0.3) is 0 Å². The molecule has 41 heavy (non-hydrogen) atoms.